The van der Waals surface area contributed by atoms with Gasteiger partial charge in [0, 0.05) is 29.3 Å². The number of carboxylic acids is 1. The standard InChI is InChI=1S/C16H14N2O2/c17-14-7-3-1-5-11(14)9-18-10-13(16(19)20)12-6-2-4-8-15(12)18/h1-8,10H,9,17H2,(H,19,20). The van der Waals surface area contributed by atoms with E-state index in [2.05, 4.69) is 0 Å². The second-order valence-electron chi connectivity index (χ2n) is 4.69. The summed E-state index contributed by atoms with van der Waals surface area (Å²) in [5.74, 6) is -0.916. The van der Waals surface area contributed by atoms with E-state index >= 15 is 0 Å². The molecule has 0 atom stereocenters. The van der Waals surface area contributed by atoms with Crippen LogP contribution in [0.25, 0.3) is 10.9 Å². The van der Waals surface area contributed by atoms with Crippen LogP contribution < -0.4 is 5.73 Å². The van der Waals surface area contributed by atoms with Gasteiger partial charge in [0.05, 0.1) is 5.56 Å². The van der Waals surface area contributed by atoms with Gasteiger partial charge in [0.1, 0.15) is 0 Å². The van der Waals surface area contributed by atoms with Crippen molar-refractivity contribution in [1.82, 2.24) is 4.57 Å². The van der Waals surface area contributed by atoms with Crippen LogP contribution in [0.2, 0.25) is 0 Å². The van der Waals surface area contributed by atoms with E-state index < -0.39 is 5.97 Å². The number of para-hydroxylation sites is 2. The number of aromatic carboxylic acids is 1. The predicted molar refractivity (Wildman–Crippen MR) is 78.9 cm³/mol. The van der Waals surface area contributed by atoms with Crippen LogP contribution in [0.15, 0.2) is 54.7 Å². The molecule has 3 aromatic rings. The molecule has 4 nitrogen and oxygen atoms in total. The lowest BCUT2D eigenvalue weighted by molar-refractivity contribution is 0.0699. The summed E-state index contributed by atoms with van der Waals surface area (Å²) in [7, 11) is 0. The lowest BCUT2D eigenvalue weighted by Crippen LogP contribution is -2.02. The molecular weight excluding hydrogens is 252 g/mol. The van der Waals surface area contributed by atoms with Crippen molar-refractivity contribution in [2.45, 2.75) is 6.54 Å². The average Bonchev–Trinajstić information content (AvgIpc) is 2.81. The fraction of sp³-hybridized carbons (Fsp3) is 0.0625. The van der Waals surface area contributed by atoms with Crippen molar-refractivity contribution >= 4 is 22.6 Å². The Balaban J connectivity index is 2.13. The largest absolute Gasteiger partial charge is 0.478 e. The summed E-state index contributed by atoms with van der Waals surface area (Å²) in [5.41, 5.74) is 8.85. The monoisotopic (exact) mass is 266 g/mol. The van der Waals surface area contributed by atoms with Crippen molar-refractivity contribution in [2.75, 3.05) is 5.73 Å². The zero-order chi connectivity index (χ0) is 14.1. The summed E-state index contributed by atoms with van der Waals surface area (Å²) in [5, 5.41) is 10.0. The Kier molecular flexibility index (Phi) is 2.91. The molecule has 1 heterocycles. The van der Waals surface area contributed by atoms with Crippen molar-refractivity contribution in [3.05, 3.63) is 65.9 Å². The number of carbonyl (C=O) groups is 1. The van der Waals surface area contributed by atoms with E-state index in [1.807, 2.05) is 53.1 Å². The third-order valence-corrected chi connectivity index (χ3v) is 3.41. The first kappa shape index (κ1) is 12.3. The maximum atomic E-state index is 11.3. The van der Waals surface area contributed by atoms with Crippen LogP contribution in [0.4, 0.5) is 5.69 Å². The van der Waals surface area contributed by atoms with Gasteiger partial charge in [-0.3, -0.25) is 0 Å². The third kappa shape index (κ3) is 2.01. The first-order valence-electron chi connectivity index (χ1n) is 6.31. The smallest absolute Gasteiger partial charge is 0.337 e. The lowest BCUT2D eigenvalue weighted by Gasteiger charge is -2.08. The van der Waals surface area contributed by atoms with Gasteiger partial charge in [-0.15, -0.1) is 0 Å². The van der Waals surface area contributed by atoms with Crippen LogP contribution in [0.3, 0.4) is 0 Å². The first-order chi connectivity index (χ1) is 9.66. The lowest BCUT2D eigenvalue weighted by atomic mass is 10.1. The van der Waals surface area contributed by atoms with Gasteiger partial charge in [0.2, 0.25) is 0 Å². The van der Waals surface area contributed by atoms with Gasteiger partial charge < -0.3 is 15.4 Å². The molecule has 0 aliphatic rings. The summed E-state index contributed by atoms with van der Waals surface area (Å²) in [6.07, 6.45) is 1.67. The normalized spacial score (nSPS) is 10.8. The molecule has 4 heteroatoms. The number of rotatable bonds is 3. The molecule has 0 saturated carbocycles. The summed E-state index contributed by atoms with van der Waals surface area (Å²) in [6, 6.07) is 15.1. The number of benzene rings is 2. The van der Waals surface area contributed by atoms with Crippen molar-refractivity contribution in [1.29, 1.82) is 0 Å². The number of nitrogens with zero attached hydrogens (tertiary/aromatic N) is 1. The fourth-order valence-corrected chi connectivity index (χ4v) is 2.41. The zero-order valence-corrected chi connectivity index (χ0v) is 10.8. The molecule has 0 aliphatic carbocycles. The van der Waals surface area contributed by atoms with Crippen LogP contribution in [-0.4, -0.2) is 15.6 Å². The number of nitrogen functional groups attached to an aromatic ring is 1. The predicted octanol–water partition coefficient (Wildman–Crippen LogP) is 2.97. The van der Waals surface area contributed by atoms with Gasteiger partial charge in [0.25, 0.3) is 0 Å². The highest BCUT2D eigenvalue weighted by molar-refractivity contribution is 6.03. The summed E-state index contributed by atoms with van der Waals surface area (Å²) in [6.45, 7) is 0.556. The Labute approximate surface area is 116 Å². The summed E-state index contributed by atoms with van der Waals surface area (Å²) < 4.78 is 1.92. The van der Waals surface area contributed by atoms with Crippen molar-refractivity contribution < 1.29 is 9.90 Å². The molecule has 20 heavy (non-hydrogen) atoms. The molecule has 0 unspecified atom stereocenters. The van der Waals surface area contributed by atoms with E-state index in [1.165, 1.54) is 0 Å². The minimum absolute atomic E-state index is 0.315. The number of fused-ring (bicyclic) bond motifs is 1. The Morgan fingerprint density at radius 3 is 2.55 bits per heavy atom. The van der Waals surface area contributed by atoms with Crippen LogP contribution >= 0.6 is 0 Å². The van der Waals surface area contributed by atoms with Gasteiger partial charge in [-0.1, -0.05) is 36.4 Å². The van der Waals surface area contributed by atoms with Gasteiger partial charge in [-0.05, 0) is 17.7 Å². The van der Waals surface area contributed by atoms with Gasteiger partial charge in [-0.2, -0.15) is 0 Å². The van der Waals surface area contributed by atoms with Gasteiger partial charge >= 0.3 is 5.97 Å². The van der Waals surface area contributed by atoms with E-state index in [0.717, 1.165) is 16.5 Å². The molecule has 3 rings (SSSR count). The maximum absolute atomic E-state index is 11.3. The van der Waals surface area contributed by atoms with Gasteiger partial charge in [-0.25, -0.2) is 4.79 Å². The fourth-order valence-electron chi connectivity index (χ4n) is 2.41. The van der Waals surface area contributed by atoms with Crippen molar-refractivity contribution in [3.8, 4) is 0 Å². The highest BCUT2D eigenvalue weighted by Crippen LogP contribution is 2.23. The number of anilines is 1. The van der Waals surface area contributed by atoms with E-state index in [4.69, 9.17) is 5.73 Å². The molecule has 2 aromatic carbocycles. The number of hydrogen-bond acceptors (Lipinski definition) is 2. The molecule has 0 aliphatic heterocycles. The quantitative estimate of drug-likeness (QED) is 0.716. The molecule has 0 saturated heterocycles. The molecule has 1 aromatic heterocycles. The van der Waals surface area contributed by atoms with E-state index in [9.17, 15) is 9.90 Å². The molecule has 0 spiro atoms. The molecule has 0 bridgehead atoms. The Morgan fingerprint density at radius 2 is 1.80 bits per heavy atom. The van der Waals surface area contributed by atoms with Crippen LogP contribution in [-0.2, 0) is 6.54 Å². The van der Waals surface area contributed by atoms with E-state index in [-0.39, 0.29) is 0 Å². The van der Waals surface area contributed by atoms with Gasteiger partial charge in [0.15, 0.2) is 0 Å². The third-order valence-electron chi connectivity index (χ3n) is 3.41. The summed E-state index contributed by atoms with van der Waals surface area (Å²) >= 11 is 0. The Hall–Kier alpha value is -2.75. The SMILES string of the molecule is Nc1ccccc1Cn1cc(C(=O)O)c2ccccc21. The molecular formula is C16H14N2O2. The minimum atomic E-state index is -0.916. The average molecular weight is 266 g/mol. The van der Waals surface area contributed by atoms with Crippen LogP contribution in [0, 0.1) is 0 Å². The summed E-state index contributed by atoms with van der Waals surface area (Å²) in [4.78, 5) is 11.3. The first-order valence-corrected chi connectivity index (χ1v) is 6.31. The molecule has 0 radical (unpaired) electrons. The van der Waals surface area contributed by atoms with E-state index in [0.29, 0.717) is 17.8 Å². The van der Waals surface area contributed by atoms with E-state index in [1.54, 1.807) is 6.20 Å². The molecule has 0 amide bonds. The Morgan fingerprint density at radius 1 is 1.10 bits per heavy atom. The molecule has 0 fully saturated rings. The number of carboxylic acid groups (broad SMARTS) is 1. The second-order valence-corrected chi connectivity index (χ2v) is 4.69. The van der Waals surface area contributed by atoms with Crippen LogP contribution in [0.1, 0.15) is 15.9 Å². The number of aromatic nitrogens is 1. The van der Waals surface area contributed by atoms with Crippen LogP contribution in [0.5, 0.6) is 0 Å². The van der Waals surface area contributed by atoms with Crippen molar-refractivity contribution in [3.63, 3.8) is 0 Å². The molecule has 3 N–H and O–H groups in total. The number of hydrogen-bond donors (Lipinski definition) is 2. The Bertz CT molecular complexity index is 790. The second kappa shape index (κ2) is 4.74. The molecule has 100 valence electrons. The zero-order valence-electron chi connectivity index (χ0n) is 10.8. The maximum Gasteiger partial charge on any atom is 0.337 e. The van der Waals surface area contributed by atoms with Crippen molar-refractivity contribution in [2.24, 2.45) is 0 Å². The minimum Gasteiger partial charge on any atom is -0.478 e. The highest BCUT2D eigenvalue weighted by Gasteiger charge is 2.14. The highest BCUT2D eigenvalue weighted by atomic mass is 16.4. The topological polar surface area (TPSA) is 68.2 Å². The number of nitrogens with two attached hydrogens (primary N) is 1.